The van der Waals surface area contributed by atoms with E-state index in [1.807, 2.05) is 31.2 Å². The number of urea groups is 1. The first-order chi connectivity index (χ1) is 9.97. The first-order valence-electron chi connectivity index (χ1n) is 6.95. The quantitative estimate of drug-likeness (QED) is 0.669. The van der Waals surface area contributed by atoms with Gasteiger partial charge in [0.25, 0.3) is 0 Å². The second-order valence-electron chi connectivity index (χ2n) is 5.07. The van der Waals surface area contributed by atoms with E-state index in [1.165, 1.54) is 0 Å². The third kappa shape index (κ3) is 8.34. The van der Waals surface area contributed by atoms with Gasteiger partial charge in [-0.1, -0.05) is 35.0 Å². The molecule has 0 aromatic heterocycles. The molecule has 0 aliphatic carbocycles. The third-order valence-electron chi connectivity index (χ3n) is 3.12. The summed E-state index contributed by atoms with van der Waals surface area (Å²) in [6.07, 6.45) is 1.59. The van der Waals surface area contributed by atoms with Gasteiger partial charge in [0.15, 0.2) is 0 Å². The van der Waals surface area contributed by atoms with Gasteiger partial charge in [0.2, 0.25) is 0 Å². The number of carbonyl (C=O) groups is 2. The Hall–Kier alpha value is -1.56. The van der Waals surface area contributed by atoms with Crippen molar-refractivity contribution in [3.8, 4) is 0 Å². The van der Waals surface area contributed by atoms with E-state index in [1.54, 1.807) is 0 Å². The molecule has 2 amide bonds. The SMILES string of the molecule is CC(CCNC(=O)NCc1cccc(Br)c1)CCC(=O)O. The molecule has 0 saturated heterocycles. The van der Waals surface area contributed by atoms with Gasteiger partial charge in [-0.25, -0.2) is 4.79 Å². The van der Waals surface area contributed by atoms with Crippen molar-refractivity contribution in [3.05, 3.63) is 34.3 Å². The monoisotopic (exact) mass is 356 g/mol. The van der Waals surface area contributed by atoms with Gasteiger partial charge in [0.1, 0.15) is 0 Å². The van der Waals surface area contributed by atoms with Gasteiger partial charge in [0, 0.05) is 24.0 Å². The normalized spacial score (nSPS) is 11.7. The predicted octanol–water partition coefficient (Wildman–Crippen LogP) is 3.14. The van der Waals surface area contributed by atoms with Crippen LogP contribution in [0.1, 0.15) is 31.7 Å². The van der Waals surface area contributed by atoms with E-state index in [-0.39, 0.29) is 18.4 Å². The molecule has 0 fully saturated rings. The molecule has 0 bridgehead atoms. The number of halogens is 1. The van der Waals surface area contributed by atoms with Crippen molar-refractivity contribution < 1.29 is 14.7 Å². The number of carboxylic acid groups (broad SMARTS) is 1. The summed E-state index contributed by atoms with van der Waals surface area (Å²) in [6.45, 7) is 3.01. The van der Waals surface area contributed by atoms with Gasteiger partial charge >= 0.3 is 12.0 Å². The molecule has 21 heavy (non-hydrogen) atoms. The van der Waals surface area contributed by atoms with Gasteiger partial charge in [-0.05, 0) is 36.5 Å². The summed E-state index contributed by atoms with van der Waals surface area (Å²) in [5.41, 5.74) is 1.02. The van der Waals surface area contributed by atoms with E-state index >= 15 is 0 Å². The highest BCUT2D eigenvalue weighted by Gasteiger charge is 2.06. The Balaban J connectivity index is 2.15. The smallest absolute Gasteiger partial charge is 0.315 e. The van der Waals surface area contributed by atoms with Gasteiger partial charge in [-0.15, -0.1) is 0 Å². The summed E-state index contributed by atoms with van der Waals surface area (Å²) in [5, 5.41) is 14.2. The van der Waals surface area contributed by atoms with Crippen molar-refractivity contribution >= 4 is 27.9 Å². The highest BCUT2D eigenvalue weighted by Crippen LogP contribution is 2.11. The summed E-state index contributed by atoms with van der Waals surface area (Å²) >= 11 is 3.38. The Morgan fingerprint density at radius 3 is 2.71 bits per heavy atom. The standard InChI is InChI=1S/C15H21BrN2O3/c1-11(5-6-14(19)20)7-8-17-15(21)18-10-12-3-2-4-13(16)9-12/h2-4,9,11H,5-8,10H2,1H3,(H,19,20)(H2,17,18,21). The van der Waals surface area contributed by atoms with Gasteiger partial charge in [-0.2, -0.15) is 0 Å². The number of amides is 2. The Bertz CT molecular complexity index is 480. The van der Waals surface area contributed by atoms with Crippen molar-refractivity contribution in [2.75, 3.05) is 6.54 Å². The number of hydrogen-bond donors (Lipinski definition) is 3. The number of benzene rings is 1. The molecule has 0 heterocycles. The fourth-order valence-corrected chi connectivity index (χ4v) is 2.28. The zero-order valence-corrected chi connectivity index (χ0v) is 13.6. The molecule has 0 radical (unpaired) electrons. The maximum atomic E-state index is 11.6. The molecular weight excluding hydrogens is 336 g/mol. The number of nitrogens with one attached hydrogen (secondary N) is 2. The average Bonchev–Trinajstić information content (AvgIpc) is 2.43. The molecule has 6 heteroatoms. The van der Waals surface area contributed by atoms with Crippen molar-refractivity contribution in [1.29, 1.82) is 0 Å². The highest BCUT2D eigenvalue weighted by molar-refractivity contribution is 9.10. The van der Waals surface area contributed by atoms with E-state index in [9.17, 15) is 9.59 Å². The van der Waals surface area contributed by atoms with E-state index in [0.29, 0.717) is 19.5 Å². The zero-order valence-electron chi connectivity index (χ0n) is 12.1. The van der Waals surface area contributed by atoms with Gasteiger partial charge < -0.3 is 15.7 Å². The summed E-state index contributed by atoms with van der Waals surface area (Å²) in [7, 11) is 0. The minimum Gasteiger partial charge on any atom is -0.481 e. The Morgan fingerprint density at radius 2 is 2.05 bits per heavy atom. The molecule has 1 aromatic carbocycles. The van der Waals surface area contributed by atoms with Crippen LogP contribution in [0.15, 0.2) is 28.7 Å². The van der Waals surface area contributed by atoms with Crippen molar-refractivity contribution in [1.82, 2.24) is 10.6 Å². The van der Waals surface area contributed by atoms with Gasteiger partial charge in [-0.3, -0.25) is 4.79 Å². The fourth-order valence-electron chi connectivity index (χ4n) is 1.84. The van der Waals surface area contributed by atoms with Crippen LogP contribution in [0.3, 0.4) is 0 Å². The summed E-state index contributed by atoms with van der Waals surface area (Å²) < 4.78 is 0.981. The molecule has 0 aliphatic heterocycles. The van der Waals surface area contributed by atoms with Crippen LogP contribution in [0.5, 0.6) is 0 Å². The van der Waals surface area contributed by atoms with Crippen LogP contribution in [-0.2, 0) is 11.3 Å². The van der Waals surface area contributed by atoms with E-state index in [2.05, 4.69) is 26.6 Å². The van der Waals surface area contributed by atoms with Crippen LogP contribution in [0.4, 0.5) is 4.79 Å². The average molecular weight is 357 g/mol. The summed E-state index contributed by atoms with van der Waals surface area (Å²) in [4.78, 5) is 22.1. The first-order valence-corrected chi connectivity index (χ1v) is 7.74. The van der Waals surface area contributed by atoms with Crippen LogP contribution in [0.2, 0.25) is 0 Å². The molecule has 1 rings (SSSR count). The van der Waals surface area contributed by atoms with E-state index < -0.39 is 5.97 Å². The lowest BCUT2D eigenvalue weighted by Gasteiger charge is -2.11. The number of hydrogen-bond acceptors (Lipinski definition) is 2. The molecular formula is C15H21BrN2O3. The van der Waals surface area contributed by atoms with Crippen LogP contribution in [0, 0.1) is 5.92 Å². The lowest BCUT2D eigenvalue weighted by Crippen LogP contribution is -2.36. The Morgan fingerprint density at radius 1 is 1.29 bits per heavy atom. The zero-order chi connectivity index (χ0) is 15.7. The number of carboxylic acids is 1. The molecule has 0 aliphatic rings. The fraction of sp³-hybridized carbons (Fsp3) is 0.467. The third-order valence-corrected chi connectivity index (χ3v) is 3.61. The van der Waals surface area contributed by atoms with E-state index in [4.69, 9.17) is 5.11 Å². The topological polar surface area (TPSA) is 78.4 Å². The maximum Gasteiger partial charge on any atom is 0.315 e. The van der Waals surface area contributed by atoms with Crippen molar-refractivity contribution in [2.45, 2.75) is 32.7 Å². The minimum absolute atomic E-state index is 0.177. The first kappa shape index (κ1) is 17.5. The molecule has 5 nitrogen and oxygen atoms in total. The van der Waals surface area contributed by atoms with E-state index in [0.717, 1.165) is 16.5 Å². The van der Waals surface area contributed by atoms with Crippen molar-refractivity contribution in [2.24, 2.45) is 5.92 Å². The van der Waals surface area contributed by atoms with Crippen LogP contribution < -0.4 is 10.6 Å². The summed E-state index contributed by atoms with van der Waals surface area (Å²) in [5.74, 6) is -0.493. The second-order valence-corrected chi connectivity index (χ2v) is 5.98. The molecule has 1 unspecified atom stereocenters. The second kappa shape index (κ2) is 9.39. The lowest BCUT2D eigenvalue weighted by atomic mass is 10.0. The molecule has 1 atom stereocenters. The predicted molar refractivity (Wildman–Crippen MR) is 85.0 cm³/mol. The number of carbonyl (C=O) groups excluding carboxylic acids is 1. The lowest BCUT2D eigenvalue weighted by molar-refractivity contribution is -0.137. The van der Waals surface area contributed by atoms with Gasteiger partial charge in [0.05, 0.1) is 0 Å². The Labute approximate surface area is 133 Å². The molecule has 116 valence electrons. The maximum absolute atomic E-state index is 11.6. The summed E-state index contributed by atoms with van der Waals surface area (Å²) in [6, 6.07) is 7.54. The van der Waals surface area contributed by atoms with Crippen LogP contribution >= 0.6 is 15.9 Å². The minimum atomic E-state index is -0.776. The van der Waals surface area contributed by atoms with Crippen LogP contribution in [-0.4, -0.2) is 23.7 Å². The molecule has 0 spiro atoms. The number of rotatable bonds is 8. The number of aliphatic carboxylic acids is 1. The van der Waals surface area contributed by atoms with Crippen molar-refractivity contribution in [3.63, 3.8) is 0 Å². The largest absolute Gasteiger partial charge is 0.481 e. The highest BCUT2D eigenvalue weighted by atomic mass is 79.9. The Kier molecular flexibility index (Phi) is 7.82. The van der Waals surface area contributed by atoms with Crippen LogP contribution in [0.25, 0.3) is 0 Å². The molecule has 3 N–H and O–H groups in total. The molecule has 1 aromatic rings. The molecule has 0 saturated carbocycles.